The number of ether oxygens (including phenoxy) is 1. The lowest BCUT2D eigenvalue weighted by molar-refractivity contribution is -0.879. The third-order valence-corrected chi connectivity index (χ3v) is 5.13. The van der Waals surface area contributed by atoms with Crippen molar-refractivity contribution in [3.8, 4) is 6.07 Å². The van der Waals surface area contributed by atoms with Crippen molar-refractivity contribution >= 4 is 23.4 Å². The summed E-state index contributed by atoms with van der Waals surface area (Å²) in [6, 6.07) is 13.6. The second kappa shape index (κ2) is 10.2. The predicted octanol–water partition coefficient (Wildman–Crippen LogP) is 3.22. The van der Waals surface area contributed by atoms with Crippen molar-refractivity contribution in [1.29, 1.82) is 5.26 Å². The first kappa shape index (κ1) is 21.9. The van der Waals surface area contributed by atoms with E-state index in [4.69, 9.17) is 4.74 Å². The second-order valence-electron chi connectivity index (χ2n) is 7.23. The number of benzene rings is 1. The first-order valence-electron chi connectivity index (χ1n) is 9.04. The summed E-state index contributed by atoms with van der Waals surface area (Å²) in [5.74, 6) is 0.735. The molecule has 6 nitrogen and oxygen atoms in total. The van der Waals surface area contributed by atoms with E-state index in [0.717, 1.165) is 34.3 Å². The van der Waals surface area contributed by atoms with Gasteiger partial charge in [0.05, 0.1) is 32.8 Å². The van der Waals surface area contributed by atoms with Crippen LogP contribution in [-0.4, -0.2) is 55.4 Å². The lowest BCUT2D eigenvalue weighted by Gasteiger charge is -2.28. The molecule has 0 saturated carbocycles. The molecule has 0 radical (unpaired) electrons. The maximum atomic E-state index is 12.3. The lowest BCUT2D eigenvalue weighted by Crippen LogP contribution is -2.47. The molecule has 0 bridgehead atoms. The topological polar surface area (TPSA) is 75.0 Å². The number of amides is 1. The third-order valence-electron chi connectivity index (χ3n) is 4.17. The highest BCUT2D eigenvalue weighted by molar-refractivity contribution is 7.99. The minimum Gasteiger partial charge on any atom is -0.380 e. The van der Waals surface area contributed by atoms with Gasteiger partial charge in [0.2, 0.25) is 0 Å². The normalized spacial score (nSPS) is 11.1. The number of thioether (sulfide) groups is 1. The summed E-state index contributed by atoms with van der Waals surface area (Å²) in [4.78, 5) is 16.8. The summed E-state index contributed by atoms with van der Waals surface area (Å²) in [6.07, 6.45) is 0. The van der Waals surface area contributed by atoms with Gasteiger partial charge in [0.15, 0.2) is 6.54 Å². The van der Waals surface area contributed by atoms with Gasteiger partial charge >= 0.3 is 0 Å². The van der Waals surface area contributed by atoms with Crippen LogP contribution in [0.15, 0.2) is 41.4 Å². The van der Waals surface area contributed by atoms with Crippen LogP contribution in [0.2, 0.25) is 0 Å². The average Bonchev–Trinajstić information content (AvgIpc) is 2.62. The molecule has 7 heteroatoms. The molecule has 2 aromatic rings. The molecule has 0 fully saturated rings. The van der Waals surface area contributed by atoms with Crippen LogP contribution in [0, 0.1) is 18.3 Å². The molecule has 1 aromatic heterocycles. The van der Waals surface area contributed by atoms with Gasteiger partial charge in [0.1, 0.15) is 11.1 Å². The summed E-state index contributed by atoms with van der Waals surface area (Å²) in [6.45, 7) is 3.45. The Labute approximate surface area is 171 Å². The maximum absolute atomic E-state index is 12.3. The van der Waals surface area contributed by atoms with Crippen molar-refractivity contribution < 1.29 is 14.0 Å². The molecule has 1 amide bonds. The smallest absolute Gasteiger partial charge is 0.279 e. The Bertz CT molecular complexity index is 847. The number of pyridine rings is 1. The zero-order valence-corrected chi connectivity index (χ0v) is 17.7. The molecule has 2 rings (SSSR count). The predicted molar refractivity (Wildman–Crippen MR) is 112 cm³/mol. The highest BCUT2D eigenvalue weighted by Crippen LogP contribution is 2.25. The van der Waals surface area contributed by atoms with Gasteiger partial charge < -0.3 is 14.5 Å². The number of anilines is 1. The van der Waals surface area contributed by atoms with Crippen molar-refractivity contribution in [3.63, 3.8) is 0 Å². The lowest BCUT2D eigenvalue weighted by atomic mass is 10.1. The van der Waals surface area contributed by atoms with Crippen LogP contribution in [0.5, 0.6) is 0 Å². The van der Waals surface area contributed by atoms with Crippen molar-refractivity contribution in [2.45, 2.75) is 18.6 Å². The minimum atomic E-state index is -0.0185. The molecular weight excluding hydrogens is 372 g/mol. The summed E-state index contributed by atoms with van der Waals surface area (Å²) in [5.41, 5.74) is 3.10. The van der Waals surface area contributed by atoms with Gasteiger partial charge in [-0.05, 0) is 30.7 Å². The standard InChI is InChI=1S/C21H26N4O2S/c1-16-12-17(15-27-4)19(13-22)21(23-16)28-11-10-25(2,3)14-20(26)24-18-8-6-5-7-9-18/h5-9,12H,10-11,14-15H2,1-4H3/p+1. The van der Waals surface area contributed by atoms with Crippen molar-refractivity contribution in [2.24, 2.45) is 0 Å². The number of likely N-dealkylation sites (N-methyl/N-ethyl adjacent to an activating group) is 1. The molecule has 0 atom stereocenters. The fourth-order valence-corrected chi connectivity index (χ4v) is 4.09. The molecule has 0 unspecified atom stereocenters. The van der Waals surface area contributed by atoms with Crippen LogP contribution >= 0.6 is 11.8 Å². The van der Waals surface area contributed by atoms with E-state index in [2.05, 4.69) is 16.4 Å². The summed E-state index contributed by atoms with van der Waals surface area (Å²) in [7, 11) is 5.66. The number of para-hydroxylation sites is 1. The Morgan fingerprint density at radius 3 is 2.68 bits per heavy atom. The summed E-state index contributed by atoms with van der Waals surface area (Å²) in [5, 5.41) is 13.2. The molecule has 0 spiro atoms. The van der Waals surface area contributed by atoms with Crippen LogP contribution < -0.4 is 5.32 Å². The number of quaternary nitrogens is 1. The number of hydrogen-bond donors (Lipinski definition) is 1. The van der Waals surface area contributed by atoms with Gasteiger partial charge in [-0.2, -0.15) is 5.26 Å². The highest BCUT2D eigenvalue weighted by atomic mass is 32.2. The van der Waals surface area contributed by atoms with E-state index in [9.17, 15) is 10.1 Å². The first-order chi connectivity index (χ1) is 13.3. The highest BCUT2D eigenvalue weighted by Gasteiger charge is 2.21. The second-order valence-corrected chi connectivity index (χ2v) is 8.31. The van der Waals surface area contributed by atoms with Gasteiger partial charge in [0, 0.05) is 24.2 Å². The third kappa shape index (κ3) is 6.64. The molecule has 0 aliphatic heterocycles. The molecule has 0 aliphatic rings. The number of nitrogens with one attached hydrogen (secondary N) is 1. The number of rotatable bonds is 9. The number of nitrogens with zero attached hydrogens (tertiary/aromatic N) is 3. The van der Waals surface area contributed by atoms with E-state index in [-0.39, 0.29) is 5.91 Å². The molecule has 148 valence electrons. The zero-order valence-electron chi connectivity index (χ0n) is 16.9. The number of carbonyl (C=O) groups excluding carboxylic acids is 1. The van der Waals surface area contributed by atoms with E-state index in [1.165, 1.54) is 0 Å². The van der Waals surface area contributed by atoms with Gasteiger partial charge in [-0.15, -0.1) is 0 Å². The van der Waals surface area contributed by atoms with E-state index in [1.807, 2.05) is 57.4 Å². The van der Waals surface area contributed by atoms with Crippen LogP contribution in [-0.2, 0) is 16.1 Å². The molecule has 0 saturated heterocycles. The molecule has 28 heavy (non-hydrogen) atoms. The zero-order chi connectivity index (χ0) is 20.6. The van der Waals surface area contributed by atoms with Crippen molar-refractivity contribution in [2.75, 3.05) is 45.4 Å². The number of methoxy groups -OCH3 is 1. The van der Waals surface area contributed by atoms with E-state index in [0.29, 0.717) is 23.2 Å². The Morgan fingerprint density at radius 1 is 1.32 bits per heavy atom. The monoisotopic (exact) mass is 399 g/mol. The maximum Gasteiger partial charge on any atom is 0.279 e. The molecular formula is C21H27N4O2S+. The summed E-state index contributed by atoms with van der Waals surface area (Å²) >= 11 is 1.55. The average molecular weight is 400 g/mol. The summed E-state index contributed by atoms with van der Waals surface area (Å²) < 4.78 is 5.74. The van der Waals surface area contributed by atoms with Gasteiger partial charge in [-0.1, -0.05) is 30.0 Å². The fraction of sp³-hybridized carbons (Fsp3) is 0.381. The number of nitriles is 1. The number of aromatic nitrogens is 1. The number of hydrogen-bond acceptors (Lipinski definition) is 5. The molecule has 1 N–H and O–H groups in total. The number of aryl methyl sites for hydroxylation is 1. The Kier molecular flexibility index (Phi) is 8.00. The quantitative estimate of drug-likeness (QED) is 0.518. The van der Waals surface area contributed by atoms with Crippen LogP contribution in [0.25, 0.3) is 0 Å². The molecule has 1 aromatic carbocycles. The first-order valence-corrected chi connectivity index (χ1v) is 10.0. The van der Waals surface area contributed by atoms with Gasteiger partial charge in [-0.3, -0.25) is 4.79 Å². The molecule has 0 aliphatic carbocycles. The van der Waals surface area contributed by atoms with Gasteiger partial charge in [0.25, 0.3) is 5.91 Å². The molecule has 1 heterocycles. The SMILES string of the molecule is COCc1cc(C)nc(SCC[N+](C)(C)CC(=O)Nc2ccccc2)c1C#N. The van der Waals surface area contributed by atoms with E-state index < -0.39 is 0 Å². The van der Waals surface area contributed by atoms with Gasteiger partial charge in [-0.25, -0.2) is 4.98 Å². The Morgan fingerprint density at radius 2 is 2.04 bits per heavy atom. The number of carbonyl (C=O) groups is 1. The van der Waals surface area contributed by atoms with Crippen LogP contribution in [0.1, 0.15) is 16.8 Å². The van der Waals surface area contributed by atoms with E-state index in [1.54, 1.807) is 18.9 Å². The van der Waals surface area contributed by atoms with Crippen molar-refractivity contribution in [1.82, 2.24) is 4.98 Å². The Hall–Kier alpha value is -2.40. The van der Waals surface area contributed by atoms with Crippen LogP contribution in [0.4, 0.5) is 5.69 Å². The fourth-order valence-electron chi connectivity index (χ4n) is 2.78. The largest absolute Gasteiger partial charge is 0.380 e. The van der Waals surface area contributed by atoms with Crippen LogP contribution in [0.3, 0.4) is 0 Å². The minimum absolute atomic E-state index is 0.0185. The van der Waals surface area contributed by atoms with E-state index >= 15 is 0 Å². The Balaban J connectivity index is 1.94. The van der Waals surface area contributed by atoms with Crippen molar-refractivity contribution in [3.05, 3.63) is 53.2 Å².